The fourth-order valence-electron chi connectivity index (χ4n) is 3.04. The number of hydrogen-bond donors (Lipinski definition) is 0. The molecular weight excluding hydrogens is 268 g/mol. The number of benzene rings is 3. The van der Waals surface area contributed by atoms with Gasteiger partial charge in [-0.15, -0.1) is 0 Å². The maximum absolute atomic E-state index is 6.14. The smallest absolute Gasteiger partial charge is 0.143 e. The molecule has 1 aromatic heterocycles. The van der Waals surface area contributed by atoms with Gasteiger partial charge in [0.25, 0.3) is 0 Å². The van der Waals surface area contributed by atoms with Gasteiger partial charge in [0.15, 0.2) is 0 Å². The molecule has 0 aliphatic carbocycles. The third-order valence-electron chi connectivity index (χ3n) is 4.27. The van der Waals surface area contributed by atoms with Crippen molar-refractivity contribution in [3.63, 3.8) is 0 Å². The molecule has 108 valence electrons. The average molecular weight is 286 g/mol. The van der Waals surface area contributed by atoms with Crippen molar-refractivity contribution in [2.75, 3.05) is 0 Å². The van der Waals surface area contributed by atoms with Crippen molar-refractivity contribution in [3.8, 4) is 11.1 Å². The third kappa shape index (κ3) is 2.01. The maximum Gasteiger partial charge on any atom is 0.143 e. The van der Waals surface area contributed by atoms with Gasteiger partial charge in [0, 0.05) is 16.3 Å². The fraction of sp³-hybridized carbons (Fsp3) is 0.143. The number of furan rings is 1. The lowest BCUT2D eigenvalue weighted by molar-refractivity contribution is 0.670. The summed E-state index contributed by atoms with van der Waals surface area (Å²) in [7, 11) is 0. The number of rotatable bonds is 2. The molecule has 0 aliphatic rings. The van der Waals surface area contributed by atoms with E-state index in [2.05, 4.69) is 68.4 Å². The van der Waals surface area contributed by atoms with Gasteiger partial charge in [-0.2, -0.15) is 0 Å². The van der Waals surface area contributed by atoms with E-state index in [1.807, 2.05) is 12.1 Å². The Bertz CT molecular complexity index is 960. The molecule has 1 heteroatoms. The molecule has 4 rings (SSSR count). The maximum atomic E-state index is 6.14. The molecule has 4 aromatic rings. The summed E-state index contributed by atoms with van der Waals surface area (Å²) in [5, 5.41) is 2.36. The van der Waals surface area contributed by atoms with Gasteiger partial charge in [-0.05, 0) is 23.1 Å². The van der Waals surface area contributed by atoms with E-state index in [4.69, 9.17) is 4.42 Å². The zero-order valence-electron chi connectivity index (χ0n) is 12.8. The predicted molar refractivity (Wildman–Crippen MR) is 93.2 cm³/mol. The zero-order chi connectivity index (χ0) is 15.1. The molecular formula is C21H18O. The van der Waals surface area contributed by atoms with Crippen LogP contribution in [-0.2, 0) is 0 Å². The molecule has 3 aromatic carbocycles. The molecule has 0 saturated heterocycles. The molecule has 0 spiro atoms. The highest BCUT2D eigenvalue weighted by Crippen LogP contribution is 2.36. The molecule has 0 aliphatic heterocycles. The van der Waals surface area contributed by atoms with Gasteiger partial charge in [-0.1, -0.05) is 74.5 Å². The molecule has 1 nitrogen and oxygen atoms in total. The van der Waals surface area contributed by atoms with E-state index < -0.39 is 0 Å². The Morgan fingerprint density at radius 3 is 2.41 bits per heavy atom. The van der Waals surface area contributed by atoms with Crippen LogP contribution < -0.4 is 0 Å². The molecule has 0 N–H and O–H groups in total. The van der Waals surface area contributed by atoms with E-state index in [0.717, 1.165) is 16.7 Å². The quantitative estimate of drug-likeness (QED) is 0.417. The molecule has 22 heavy (non-hydrogen) atoms. The average Bonchev–Trinajstić information content (AvgIpc) is 2.93. The van der Waals surface area contributed by atoms with Crippen molar-refractivity contribution in [2.45, 2.75) is 19.8 Å². The van der Waals surface area contributed by atoms with Crippen LogP contribution >= 0.6 is 0 Å². The van der Waals surface area contributed by atoms with E-state index in [9.17, 15) is 0 Å². The van der Waals surface area contributed by atoms with Gasteiger partial charge in [-0.3, -0.25) is 0 Å². The minimum absolute atomic E-state index is 0.523. The molecule has 0 saturated carbocycles. The standard InChI is InChI=1S/C21H18O/c1-14(2)15-7-5-8-16(13-15)17-10-6-11-19-18-9-3-4-12-20(18)22-21(17)19/h3-14H,1-2H3. The Balaban J connectivity index is 2.01. The Hall–Kier alpha value is -2.54. The number of hydrogen-bond acceptors (Lipinski definition) is 1. The number of para-hydroxylation sites is 2. The second-order valence-corrected chi connectivity index (χ2v) is 6.06. The van der Waals surface area contributed by atoms with Gasteiger partial charge in [-0.25, -0.2) is 0 Å². The normalized spacial score (nSPS) is 11.6. The van der Waals surface area contributed by atoms with E-state index in [1.165, 1.54) is 21.9 Å². The van der Waals surface area contributed by atoms with Crippen molar-refractivity contribution < 1.29 is 4.42 Å². The van der Waals surface area contributed by atoms with Crippen molar-refractivity contribution >= 4 is 21.9 Å². The summed E-state index contributed by atoms with van der Waals surface area (Å²) in [6, 6.07) is 23.4. The Morgan fingerprint density at radius 2 is 1.55 bits per heavy atom. The SMILES string of the molecule is CC(C)c1cccc(-c2cccc3c2oc2ccccc23)c1. The van der Waals surface area contributed by atoms with Crippen LogP contribution in [0.5, 0.6) is 0 Å². The van der Waals surface area contributed by atoms with Crippen LogP contribution in [-0.4, -0.2) is 0 Å². The summed E-state index contributed by atoms with van der Waals surface area (Å²) >= 11 is 0. The summed E-state index contributed by atoms with van der Waals surface area (Å²) in [6.07, 6.45) is 0. The van der Waals surface area contributed by atoms with Gasteiger partial charge < -0.3 is 4.42 Å². The summed E-state index contributed by atoms with van der Waals surface area (Å²) in [5.41, 5.74) is 5.66. The third-order valence-corrected chi connectivity index (χ3v) is 4.27. The topological polar surface area (TPSA) is 13.1 Å². The highest BCUT2D eigenvalue weighted by molar-refractivity contribution is 6.09. The van der Waals surface area contributed by atoms with Crippen LogP contribution in [0.2, 0.25) is 0 Å². The largest absolute Gasteiger partial charge is 0.455 e. The molecule has 0 unspecified atom stereocenters. The van der Waals surface area contributed by atoms with Crippen LogP contribution in [0.4, 0.5) is 0 Å². The minimum atomic E-state index is 0.523. The first-order chi connectivity index (χ1) is 10.7. The number of fused-ring (bicyclic) bond motifs is 3. The monoisotopic (exact) mass is 286 g/mol. The van der Waals surface area contributed by atoms with Crippen molar-refractivity contribution in [3.05, 3.63) is 72.3 Å². The Labute approximate surface area is 130 Å². The van der Waals surface area contributed by atoms with E-state index in [0.29, 0.717) is 5.92 Å². The van der Waals surface area contributed by atoms with Crippen LogP contribution in [0.25, 0.3) is 33.1 Å². The molecule has 0 bridgehead atoms. The predicted octanol–water partition coefficient (Wildman–Crippen LogP) is 6.38. The summed E-state index contributed by atoms with van der Waals surface area (Å²) in [4.78, 5) is 0. The molecule has 1 heterocycles. The van der Waals surface area contributed by atoms with Crippen LogP contribution in [0.1, 0.15) is 25.3 Å². The lowest BCUT2D eigenvalue weighted by atomic mass is 9.96. The Morgan fingerprint density at radius 1 is 0.773 bits per heavy atom. The second-order valence-electron chi connectivity index (χ2n) is 6.06. The highest BCUT2D eigenvalue weighted by atomic mass is 16.3. The van der Waals surface area contributed by atoms with Crippen molar-refractivity contribution in [1.82, 2.24) is 0 Å². The van der Waals surface area contributed by atoms with Gasteiger partial charge >= 0.3 is 0 Å². The Kier molecular flexibility index (Phi) is 3.00. The second kappa shape index (κ2) is 5.03. The lowest BCUT2D eigenvalue weighted by Crippen LogP contribution is -1.88. The summed E-state index contributed by atoms with van der Waals surface area (Å²) in [6.45, 7) is 4.45. The van der Waals surface area contributed by atoms with Crippen LogP contribution in [0.3, 0.4) is 0 Å². The minimum Gasteiger partial charge on any atom is -0.455 e. The first kappa shape index (κ1) is 13.1. The zero-order valence-corrected chi connectivity index (χ0v) is 12.8. The van der Waals surface area contributed by atoms with E-state index >= 15 is 0 Å². The first-order valence-electron chi connectivity index (χ1n) is 7.74. The van der Waals surface area contributed by atoms with Crippen LogP contribution in [0, 0.1) is 0 Å². The van der Waals surface area contributed by atoms with E-state index in [-0.39, 0.29) is 0 Å². The fourth-order valence-corrected chi connectivity index (χ4v) is 3.04. The van der Waals surface area contributed by atoms with Crippen molar-refractivity contribution in [1.29, 1.82) is 0 Å². The van der Waals surface area contributed by atoms with Crippen LogP contribution in [0.15, 0.2) is 71.1 Å². The van der Waals surface area contributed by atoms with Crippen molar-refractivity contribution in [2.24, 2.45) is 0 Å². The lowest BCUT2D eigenvalue weighted by Gasteiger charge is -2.08. The molecule has 0 amide bonds. The summed E-state index contributed by atoms with van der Waals surface area (Å²) < 4.78 is 6.14. The van der Waals surface area contributed by atoms with E-state index in [1.54, 1.807) is 0 Å². The van der Waals surface area contributed by atoms with Gasteiger partial charge in [0.2, 0.25) is 0 Å². The molecule has 0 fully saturated rings. The van der Waals surface area contributed by atoms with Gasteiger partial charge in [0.1, 0.15) is 11.2 Å². The summed E-state index contributed by atoms with van der Waals surface area (Å²) in [5.74, 6) is 0.523. The highest BCUT2D eigenvalue weighted by Gasteiger charge is 2.12. The molecule has 0 radical (unpaired) electrons. The molecule has 0 atom stereocenters. The first-order valence-corrected chi connectivity index (χ1v) is 7.74. The van der Waals surface area contributed by atoms with Gasteiger partial charge in [0.05, 0.1) is 0 Å².